The van der Waals surface area contributed by atoms with Crippen LogP contribution in [0.25, 0.3) is 22.3 Å². The third kappa shape index (κ3) is 12.1. The van der Waals surface area contributed by atoms with E-state index in [4.69, 9.17) is 0 Å². The number of aryl methyl sites for hydroxylation is 1. The molecule has 0 aliphatic heterocycles. The Hall–Kier alpha value is -2.34. The van der Waals surface area contributed by atoms with Gasteiger partial charge in [-0.05, 0) is 77.5 Å². The lowest BCUT2D eigenvalue weighted by Gasteiger charge is -2.20. The molecule has 0 heteroatoms. The summed E-state index contributed by atoms with van der Waals surface area (Å²) in [7, 11) is 0. The smallest absolute Gasteiger partial charge is 0.0149 e. The predicted octanol–water partition coefficient (Wildman–Crippen LogP) is 13.7. The summed E-state index contributed by atoms with van der Waals surface area (Å²) in [6, 6.07) is 25.2. The lowest BCUT2D eigenvalue weighted by atomic mass is 9.84. The van der Waals surface area contributed by atoms with Crippen LogP contribution in [0.1, 0.15) is 153 Å². The van der Waals surface area contributed by atoms with E-state index in [2.05, 4.69) is 87.5 Å². The Morgan fingerprint density at radius 1 is 0.333 bits per heavy atom. The maximum Gasteiger partial charge on any atom is -0.0149 e. The highest BCUT2D eigenvalue weighted by molar-refractivity contribution is 5.73. The lowest BCUT2D eigenvalue weighted by molar-refractivity contribution is 0.593. The molecule has 0 spiro atoms. The summed E-state index contributed by atoms with van der Waals surface area (Å²) in [5.74, 6) is 0. The van der Waals surface area contributed by atoms with Gasteiger partial charge in [-0.2, -0.15) is 0 Å². The molecular formula is C42H62. The molecule has 0 fully saturated rings. The van der Waals surface area contributed by atoms with E-state index in [9.17, 15) is 0 Å². The van der Waals surface area contributed by atoms with Gasteiger partial charge in [-0.3, -0.25) is 0 Å². The van der Waals surface area contributed by atoms with Crippen LogP contribution >= 0.6 is 0 Å². The minimum absolute atomic E-state index is 1.23. The van der Waals surface area contributed by atoms with Crippen LogP contribution in [-0.4, -0.2) is 0 Å². The minimum Gasteiger partial charge on any atom is -0.0654 e. The van der Waals surface area contributed by atoms with Crippen molar-refractivity contribution < 1.29 is 0 Å². The molecular weight excluding hydrogens is 504 g/mol. The zero-order chi connectivity index (χ0) is 29.7. The molecule has 0 N–H and O–H groups in total. The fourth-order valence-corrected chi connectivity index (χ4v) is 6.58. The van der Waals surface area contributed by atoms with Crippen molar-refractivity contribution >= 4 is 0 Å². The van der Waals surface area contributed by atoms with Crippen molar-refractivity contribution in [2.45, 2.75) is 156 Å². The Labute approximate surface area is 260 Å². The van der Waals surface area contributed by atoms with Crippen molar-refractivity contribution in [1.29, 1.82) is 0 Å². The van der Waals surface area contributed by atoms with Gasteiger partial charge in [0.1, 0.15) is 0 Å². The first-order valence-electron chi connectivity index (χ1n) is 18.1. The van der Waals surface area contributed by atoms with Gasteiger partial charge in [-0.15, -0.1) is 0 Å². The number of hydrogen-bond acceptors (Lipinski definition) is 0. The molecule has 0 amide bonds. The van der Waals surface area contributed by atoms with Crippen LogP contribution in [0.3, 0.4) is 0 Å². The second kappa shape index (κ2) is 21.4. The molecule has 0 saturated carbocycles. The van der Waals surface area contributed by atoms with Gasteiger partial charge in [0.2, 0.25) is 0 Å². The molecule has 0 nitrogen and oxygen atoms in total. The Morgan fingerprint density at radius 2 is 0.762 bits per heavy atom. The van der Waals surface area contributed by atoms with Gasteiger partial charge in [0.25, 0.3) is 0 Å². The third-order valence-corrected chi connectivity index (χ3v) is 9.19. The summed E-state index contributed by atoms with van der Waals surface area (Å²) in [4.78, 5) is 0. The van der Waals surface area contributed by atoms with Crippen LogP contribution in [0.15, 0.2) is 66.7 Å². The van der Waals surface area contributed by atoms with Crippen molar-refractivity contribution in [3.05, 3.63) is 83.4 Å². The standard InChI is InChI=1S/C42H62/c1-4-7-10-13-16-20-27-38-34-35-41(39-32-30-37(31-33-39)36-25-21-19-22-26-36)42(29-24-18-15-12-9-6-3)40(38)28-23-17-14-11-8-5-2/h19,21-22,25-26,30-35H,4-18,20,23-24,27-29H2,1-3H3. The normalized spacial score (nSPS) is 11.3. The number of hydrogen-bond donors (Lipinski definition) is 0. The highest BCUT2D eigenvalue weighted by Gasteiger charge is 2.15. The first-order valence-corrected chi connectivity index (χ1v) is 18.1. The molecule has 0 heterocycles. The van der Waals surface area contributed by atoms with Gasteiger partial charge >= 0.3 is 0 Å². The molecule has 42 heavy (non-hydrogen) atoms. The van der Waals surface area contributed by atoms with E-state index in [1.165, 1.54) is 157 Å². The zero-order valence-corrected chi connectivity index (χ0v) is 27.7. The molecule has 0 bridgehead atoms. The lowest BCUT2D eigenvalue weighted by Crippen LogP contribution is -2.05. The first-order chi connectivity index (χ1) is 20.8. The average molecular weight is 567 g/mol. The van der Waals surface area contributed by atoms with Crippen molar-refractivity contribution in [2.75, 3.05) is 0 Å². The number of benzene rings is 3. The quantitative estimate of drug-likeness (QED) is 0.100. The summed E-state index contributed by atoms with van der Waals surface area (Å²) >= 11 is 0. The van der Waals surface area contributed by atoms with Gasteiger partial charge < -0.3 is 0 Å². The van der Waals surface area contributed by atoms with Gasteiger partial charge in [-0.1, -0.05) is 184 Å². The van der Waals surface area contributed by atoms with Gasteiger partial charge in [0.05, 0.1) is 0 Å². The van der Waals surface area contributed by atoms with E-state index in [1.807, 2.05) is 0 Å². The first kappa shape index (κ1) is 34.2. The van der Waals surface area contributed by atoms with Gasteiger partial charge in [0.15, 0.2) is 0 Å². The third-order valence-electron chi connectivity index (χ3n) is 9.19. The van der Waals surface area contributed by atoms with E-state index >= 15 is 0 Å². The van der Waals surface area contributed by atoms with Crippen LogP contribution in [0.4, 0.5) is 0 Å². The topological polar surface area (TPSA) is 0 Å². The maximum atomic E-state index is 2.52. The van der Waals surface area contributed by atoms with E-state index in [-0.39, 0.29) is 0 Å². The van der Waals surface area contributed by atoms with E-state index in [0.717, 1.165) is 0 Å². The van der Waals surface area contributed by atoms with Crippen molar-refractivity contribution in [2.24, 2.45) is 0 Å². The number of rotatable bonds is 23. The summed E-state index contributed by atoms with van der Waals surface area (Å²) < 4.78 is 0. The minimum atomic E-state index is 1.23. The van der Waals surface area contributed by atoms with Crippen LogP contribution in [0, 0.1) is 0 Å². The highest BCUT2D eigenvalue weighted by Crippen LogP contribution is 2.34. The molecule has 0 unspecified atom stereocenters. The van der Waals surface area contributed by atoms with E-state index < -0.39 is 0 Å². The molecule has 0 aromatic heterocycles. The molecule has 0 radical (unpaired) electrons. The molecule has 3 rings (SSSR count). The molecule has 3 aromatic rings. The van der Waals surface area contributed by atoms with E-state index in [1.54, 1.807) is 16.7 Å². The summed E-state index contributed by atoms with van der Waals surface area (Å²) in [5.41, 5.74) is 10.6. The Bertz CT molecular complexity index is 1080. The van der Waals surface area contributed by atoms with Crippen molar-refractivity contribution in [3.63, 3.8) is 0 Å². The highest BCUT2D eigenvalue weighted by atomic mass is 14.2. The Kier molecular flexibility index (Phi) is 17.4. The zero-order valence-electron chi connectivity index (χ0n) is 27.7. The van der Waals surface area contributed by atoms with Gasteiger partial charge in [-0.25, -0.2) is 0 Å². The molecule has 3 aromatic carbocycles. The monoisotopic (exact) mass is 566 g/mol. The molecule has 0 aliphatic carbocycles. The van der Waals surface area contributed by atoms with Crippen molar-refractivity contribution in [3.8, 4) is 22.3 Å². The number of unbranched alkanes of at least 4 members (excludes halogenated alkanes) is 15. The van der Waals surface area contributed by atoms with Crippen LogP contribution in [-0.2, 0) is 19.3 Å². The predicted molar refractivity (Wildman–Crippen MR) is 189 cm³/mol. The SMILES string of the molecule is CCCCCCCCc1ccc(-c2ccc(-c3ccccc3)cc2)c(CCCCCCCC)c1CCCCCCCC. The molecule has 0 aliphatic rings. The maximum absolute atomic E-state index is 2.52. The van der Waals surface area contributed by atoms with Crippen molar-refractivity contribution in [1.82, 2.24) is 0 Å². The molecule has 230 valence electrons. The molecule has 0 atom stereocenters. The van der Waals surface area contributed by atoms with Crippen LogP contribution in [0.2, 0.25) is 0 Å². The Balaban J connectivity index is 1.85. The van der Waals surface area contributed by atoms with E-state index in [0.29, 0.717) is 0 Å². The Morgan fingerprint density at radius 3 is 1.31 bits per heavy atom. The van der Waals surface area contributed by atoms with Crippen LogP contribution < -0.4 is 0 Å². The van der Waals surface area contributed by atoms with Gasteiger partial charge in [0, 0.05) is 0 Å². The second-order valence-corrected chi connectivity index (χ2v) is 12.7. The summed E-state index contributed by atoms with van der Waals surface area (Å²) in [5, 5.41) is 0. The van der Waals surface area contributed by atoms with Crippen LogP contribution in [0.5, 0.6) is 0 Å². The largest absolute Gasteiger partial charge is 0.0654 e. The average Bonchev–Trinajstić information content (AvgIpc) is 3.03. The fraction of sp³-hybridized carbons (Fsp3) is 0.571. The second-order valence-electron chi connectivity index (χ2n) is 12.7. The summed E-state index contributed by atoms with van der Waals surface area (Å²) in [6.07, 6.45) is 28.4. The fourth-order valence-electron chi connectivity index (χ4n) is 6.58. The molecule has 0 saturated heterocycles. The summed E-state index contributed by atoms with van der Waals surface area (Å²) in [6.45, 7) is 6.96.